The minimum atomic E-state index is 0.705. The van der Waals surface area contributed by atoms with Crippen LogP contribution in [0.4, 0.5) is 0 Å². The maximum atomic E-state index is 8.99. The average molecular weight is 274 g/mol. The monoisotopic (exact) mass is 274 g/mol. The number of aromatic nitrogens is 2. The van der Waals surface area contributed by atoms with Crippen molar-refractivity contribution in [1.82, 2.24) is 14.9 Å². The summed E-state index contributed by atoms with van der Waals surface area (Å²) in [5, 5.41) is 13.5. The van der Waals surface area contributed by atoms with Crippen LogP contribution in [-0.4, -0.2) is 9.55 Å². The first kappa shape index (κ1) is 13.8. The summed E-state index contributed by atoms with van der Waals surface area (Å²) in [7, 11) is 1.92. The second-order valence-electron chi connectivity index (χ2n) is 4.49. The van der Waals surface area contributed by atoms with Crippen molar-refractivity contribution in [3.05, 3.63) is 39.1 Å². The number of thiazole rings is 1. The van der Waals surface area contributed by atoms with Crippen molar-refractivity contribution in [2.45, 2.75) is 33.4 Å². The Morgan fingerprint density at radius 2 is 2.26 bits per heavy atom. The number of nitriles is 1. The molecule has 2 heterocycles. The summed E-state index contributed by atoms with van der Waals surface area (Å²) in [6.45, 7) is 5.72. The molecule has 0 spiro atoms. The third-order valence-corrected chi connectivity index (χ3v) is 4.44. The summed E-state index contributed by atoms with van der Waals surface area (Å²) < 4.78 is 1.93. The van der Waals surface area contributed by atoms with E-state index in [1.807, 2.05) is 30.8 Å². The summed E-state index contributed by atoms with van der Waals surface area (Å²) >= 11 is 1.75. The van der Waals surface area contributed by atoms with Crippen LogP contribution >= 0.6 is 11.3 Å². The number of nitrogens with one attached hydrogen (secondary N) is 1. The molecular weight excluding hydrogens is 256 g/mol. The second kappa shape index (κ2) is 6.00. The Morgan fingerprint density at radius 3 is 2.84 bits per heavy atom. The molecule has 100 valence electrons. The number of hydrogen-bond acceptors (Lipinski definition) is 4. The number of nitrogens with zero attached hydrogens (tertiary/aromatic N) is 3. The van der Waals surface area contributed by atoms with Crippen molar-refractivity contribution in [3.63, 3.8) is 0 Å². The van der Waals surface area contributed by atoms with Gasteiger partial charge in [-0.25, -0.2) is 4.98 Å². The summed E-state index contributed by atoms with van der Waals surface area (Å²) in [6.07, 6.45) is 2.99. The van der Waals surface area contributed by atoms with Gasteiger partial charge >= 0.3 is 0 Å². The first-order valence-corrected chi connectivity index (χ1v) is 7.17. The van der Waals surface area contributed by atoms with Gasteiger partial charge in [-0.05, 0) is 25.0 Å². The second-order valence-corrected chi connectivity index (χ2v) is 5.69. The maximum Gasteiger partial charge on any atom is 0.120 e. The van der Waals surface area contributed by atoms with Gasteiger partial charge in [-0.15, -0.1) is 11.3 Å². The van der Waals surface area contributed by atoms with E-state index in [1.165, 1.54) is 10.4 Å². The summed E-state index contributed by atoms with van der Waals surface area (Å²) in [5.74, 6) is 0. The summed E-state index contributed by atoms with van der Waals surface area (Å²) in [5.41, 5.74) is 3.01. The van der Waals surface area contributed by atoms with E-state index in [2.05, 4.69) is 23.3 Å². The SMILES string of the molecule is CCc1cnc(CNCc2cc(C#N)n(C)c2C)s1. The topological polar surface area (TPSA) is 53.6 Å². The number of hydrogen-bond donors (Lipinski definition) is 1. The minimum absolute atomic E-state index is 0.705. The van der Waals surface area contributed by atoms with Gasteiger partial charge in [0.2, 0.25) is 0 Å². The molecule has 5 heteroatoms. The molecule has 1 N–H and O–H groups in total. The maximum absolute atomic E-state index is 8.99. The molecule has 4 nitrogen and oxygen atoms in total. The molecule has 0 saturated heterocycles. The van der Waals surface area contributed by atoms with Crippen LogP contribution in [0.15, 0.2) is 12.3 Å². The Labute approximate surface area is 117 Å². The van der Waals surface area contributed by atoms with Crippen molar-refractivity contribution in [1.29, 1.82) is 5.26 Å². The molecule has 2 aromatic rings. The van der Waals surface area contributed by atoms with Gasteiger partial charge in [-0.2, -0.15) is 5.26 Å². The van der Waals surface area contributed by atoms with E-state index in [0.29, 0.717) is 5.69 Å². The van der Waals surface area contributed by atoms with Crippen molar-refractivity contribution < 1.29 is 0 Å². The van der Waals surface area contributed by atoms with Crippen LogP contribution in [0.1, 0.15) is 33.8 Å². The zero-order valence-electron chi connectivity index (χ0n) is 11.5. The zero-order chi connectivity index (χ0) is 13.8. The molecule has 0 aliphatic rings. The predicted molar refractivity (Wildman–Crippen MR) is 76.9 cm³/mol. The van der Waals surface area contributed by atoms with E-state index in [9.17, 15) is 0 Å². The predicted octanol–water partition coefficient (Wildman–Crippen LogP) is 2.51. The van der Waals surface area contributed by atoms with Gasteiger partial charge in [0.25, 0.3) is 0 Å². The molecule has 2 rings (SSSR count). The molecule has 0 radical (unpaired) electrons. The van der Waals surface area contributed by atoms with E-state index < -0.39 is 0 Å². The Morgan fingerprint density at radius 1 is 1.47 bits per heavy atom. The molecule has 19 heavy (non-hydrogen) atoms. The van der Waals surface area contributed by atoms with Gasteiger partial charge in [-0.1, -0.05) is 6.92 Å². The fraction of sp³-hybridized carbons (Fsp3) is 0.429. The number of rotatable bonds is 5. The third-order valence-electron chi connectivity index (χ3n) is 3.30. The van der Waals surface area contributed by atoms with Crippen LogP contribution in [-0.2, 0) is 26.6 Å². The third kappa shape index (κ3) is 3.03. The van der Waals surface area contributed by atoms with E-state index >= 15 is 0 Å². The van der Waals surface area contributed by atoms with Crippen LogP contribution in [0.25, 0.3) is 0 Å². The van der Waals surface area contributed by atoms with Crippen LogP contribution in [0.3, 0.4) is 0 Å². The van der Waals surface area contributed by atoms with Crippen LogP contribution in [0.5, 0.6) is 0 Å². The molecule has 0 aliphatic carbocycles. The quantitative estimate of drug-likeness (QED) is 0.911. The minimum Gasteiger partial charge on any atom is -0.340 e. The van der Waals surface area contributed by atoms with E-state index in [1.54, 1.807) is 11.3 Å². The van der Waals surface area contributed by atoms with Gasteiger partial charge in [0.05, 0.1) is 0 Å². The van der Waals surface area contributed by atoms with Gasteiger partial charge in [0.15, 0.2) is 0 Å². The van der Waals surface area contributed by atoms with Crippen molar-refractivity contribution in [2.24, 2.45) is 7.05 Å². The van der Waals surface area contributed by atoms with E-state index in [-0.39, 0.29) is 0 Å². The fourth-order valence-corrected chi connectivity index (χ4v) is 2.78. The van der Waals surface area contributed by atoms with Gasteiger partial charge in [0, 0.05) is 36.9 Å². The van der Waals surface area contributed by atoms with Crippen molar-refractivity contribution in [2.75, 3.05) is 0 Å². The van der Waals surface area contributed by atoms with Gasteiger partial charge in [-0.3, -0.25) is 0 Å². The standard InChI is InChI=1S/C14H18N4S/c1-4-13-8-17-14(19-13)9-16-7-11-5-12(6-15)18(3)10(11)2/h5,8,16H,4,7,9H2,1-3H3. The molecule has 0 unspecified atom stereocenters. The zero-order valence-corrected chi connectivity index (χ0v) is 12.3. The highest BCUT2D eigenvalue weighted by atomic mass is 32.1. The molecule has 0 aromatic carbocycles. The van der Waals surface area contributed by atoms with Crippen molar-refractivity contribution >= 4 is 11.3 Å². The van der Waals surface area contributed by atoms with Crippen LogP contribution in [0.2, 0.25) is 0 Å². The van der Waals surface area contributed by atoms with E-state index in [4.69, 9.17) is 5.26 Å². The lowest BCUT2D eigenvalue weighted by Gasteiger charge is -2.03. The molecular formula is C14H18N4S. The Kier molecular flexibility index (Phi) is 4.35. The van der Waals surface area contributed by atoms with Crippen LogP contribution in [0, 0.1) is 18.3 Å². The Bertz CT molecular complexity index is 603. The lowest BCUT2D eigenvalue weighted by atomic mass is 10.2. The van der Waals surface area contributed by atoms with Gasteiger partial charge in [0.1, 0.15) is 16.8 Å². The first-order chi connectivity index (χ1) is 9.15. The highest BCUT2D eigenvalue weighted by Gasteiger charge is 2.08. The molecule has 0 amide bonds. The molecule has 0 saturated carbocycles. The van der Waals surface area contributed by atoms with E-state index in [0.717, 1.165) is 30.2 Å². The summed E-state index contributed by atoms with van der Waals surface area (Å²) in [4.78, 5) is 5.70. The molecule has 0 bridgehead atoms. The molecule has 0 fully saturated rings. The summed E-state index contributed by atoms with van der Waals surface area (Å²) in [6, 6.07) is 4.15. The Balaban J connectivity index is 1.94. The lowest BCUT2D eigenvalue weighted by molar-refractivity contribution is 0.684. The lowest BCUT2D eigenvalue weighted by Crippen LogP contribution is -2.13. The van der Waals surface area contributed by atoms with Gasteiger partial charge < -0.3 is 9.88 Å². The Hall–Kier alpha value is -1.64. The molecule has 2 aromatic heterocycles. The number of aryl methyl sites for hydroxylation is 1. The van der Waals surface area contributed by atoms with Crippen molar-refractivity contribution in [3.8, 4) is 6.07 Å². The average Bonchev–Trinajstić information content (AvgIpc) is 2.98. The highest BCUT2D eigenvalue weighted by molar-refractivity contribution is 7.11. The normalized spacial score (nSPS) is 10.6. The fourth-order valence-electron chi connectivity index (χ4n) is 1.95. The largest absolute Gasteiger partial charge is 0.340 e. The highest BCUT2D eigenvalue weighted by Crippen LogP contribution is 2.15. The first-order valence-electron chi connectivity index (χ1n) is 6.35. The van der Waals surface area contributed by atoms with Crippen LogP contribution < -0.4 is 5.32 Å². The molecule has 0 aliphatic heterocycles. The smallest absolute Gasteiger partial charge is 0.120 e. The molecule has 0 atom stereocenters.